The standard InChI is InChI=1S/C13H29N3O/c1-5-13(2,11-17)10-14-8-12-9-15(3)6-7-16(12)4/h12,14,17H,5-11H2,1-4H3. The van der Waals surface area contributed by atoms with Crippen molar-refractivity contribution in [1.82, 2.24) is 15.1 Å². The summed E-state index contributed by atoms with van der Waals surface area (Å²) in [4.78, 5) is 4.81. The van der Waals surface area contributed by atoms with Crippen LogP contribution in [-0.4, -0.2) is 74.4 Å². The first-order chi connectivity index (χ1) is 8.00. The normalized spacial score (nSPS) is 27.0. The summed E-state index contributed by atoms with van der Waals surface area (Å²) in [5, 5.41) is 12.9. The van der Waals surface area contributed by atoms with Crippen LogP contribution in [0.25, 0.3) is 0 Å². The molecule has 4 heteroatoms. The highest BCUT2D eigenvalue weighted by atomic mass is 16.3. The van der Waals surface area contributed by atoms with Crippen LogP contribution in [0.1, 0.15) is 20.3 Å². The number of piperazine rings is 1. The molecule has 102 valence electrons. The minimum atomic E-state index is 0.0269. The van der Waals surface area contributed by atoms with E-state index < -0.39 is 0 Å². The second-order valence-corrected chi connectivity index (χ2v) is 5.85. The zero-order valence-electron chi connectivity index (χ0n) is 11.9. The van der Waals surface area contributed by atoms with Crippen LogP contribution in [0.15, 0.2) is 0 Å². The molecule has 0 radical (unpaired) electrons. The third kappa shape index (κ3) is 4.54. The fraction of sp³-hybridized carbons (Fsp3) is 1.00. The minimum absolute atomic E-state index is 0.0269. The van der Waals surface area contributed by atoms with Gasteiger partial charge in [0.05, 0.1) is 0 Å². The number of hydrogen-bond donors (Lipinski definition) is 2. The Kier molecular flexibility index (Phi) is 5.86. The summed E-state index contributed by atoms with van der Waals surface area (Å²) < 4.78 is 0. The summed E-state index contributed by atoms with van der Waals surface area (Å²) in [6.45, 7) is 9.88. The zero-order chi connectivity index (χ0) is 12.9. The van der Waals surface area contributed by atoms with Gasteiger partial charge in [0.15, 0.2) is 0 Å². The molecule has 0 aromatic heterocycles. The van der Waals surface area contributed by atoms with Gasteiger partial charge in [-0.1, -0.05) is 13.8 Å². The zero-order valence-corrected chi connectivity index (χ0v) is 11.9. The van der Waals surface area contributed by atoms with Crippen molar-refractivity contribution < 1.29 is 5.11 Å². The van der Waals surface area contributed by atoms with Gasteiger partial charge in [0, 0.05) is 50.8 Å². The van der Waals surface area contributed by atoms with E-state index in [1.54, 1.807) is 0 Å². The maximum Gasteiger partial charge on any atom is 0.0496 e. The maximum atomic E-state index is 9.36. The molecule has 1 saturated heterocycles. The van der Waals surface area contributed by atoms with E-state index >= 15 is 0 Å². The van der Waals surface area contributed by atoms with E-state index in [-0.39, 0.29) is 12.0 Å². The second-order valence-electron chi connectivity index (χ2n) is 5.85. The third-order valence-electron chi connectivity index (χ3n) is 4.15. The highest BCUT2D eigenvalue weighted by Crippen LogP contribution is 2.18. The van der Waals surface area contributed by atoms with E-state index in [1.165, 1.54) is 0 Å². The Morgan fingerprint density at radius 1 is 1.35 bits per heavy atom. The number of aliphatic hydroxyl groups excluding tert-OH is 1. The van der Waals surface area contributed by atoms with E-state index in [1.807, 2.05) is 0 Å². The lowest BCUT2D eigenvalue weighted by Gasteiger charge is -2.38. The Morgan fingerprint density at radius 2 is 2.06 bits per heavy atom. The van der Waals surface area contributed by atoms with E-state index in [0.29, 0.717) is 6.04 Å². The smallest absolute Gasteiger partial charge is 0.0496 e. The van der Waals surface area contributed by atoms with Crippen molar-refractivity contribution in [2.75, 3.05) is 53.4 Å². The number of rotatable bonds is 6. The lowest BCUT2D eigenvalue weighted by atomic mass is 9.88. The number of hydrogen-bond acceptors (Lipinski definition) is 4. The molecule has 1 fully saturated rings. The van der Waals surface area contributed by atoms with Crippen LogP contribution in [-0.2, 0) is 0 Å². The SMILES string of the molecule is CCC(C)(CO)CNCC1CN(C)CCN1C. The molecule has 1 heterocycles. The van der Waals surface area contributed by atoms with Gasteiger partial charge in [0.25, 0.3) is 0 Å². The summed E-state index contributed by atoms with van der Waals surface area (Å²) in [5.41, 5.74) is 0.0269. The van der Waals surface area contributed by atoms with Crippen molar-refractivity contribution in [2.24, 2.45) is 5.41 Å². The van der Waals surface area contributed by atoms with Gasteiger partial charge in [-0.15, -0.1) is 0 Å². The highest BCUT2D eigenvalue weighted by Gasteiger charge is 2.24. The predicted octanol–water partition coefficient (Wildman–Crippen LogP) is 0.230. The van der Waals surface area contributed by atoms with Crippen molar-refractivity contribution >= 4 is 0 Å². The lowest BCUT2D eigenvalue weighted by molar-refractivity contribution is 0.102. The number of aliphatic hydroxyl groups is 1. The summed E-state index contributed by atoms with van der Waals surface area (Å²) >= 11 is 0. The van der Waals surface area contributed by atoms with E-state index in [0.717, 1.165) is 39.1 Å². The molecule has 0 aromatic rings. The molecule has 17 heavy (non-hydrogen) atoms. The summed E-state index contributed by atoms with van der Waals surface area (Å²) in [5.74, 6) is 0. The average Bonchev–Trinajstić information content (AvgIpc) is 2.33. The van der Waals surface area contributed by atoms with Crippen molar-refractivity contribution in [1.29, 1.82) is 0 Å². The van der Waals surface area contributed by atoms with Crippen LogP contribution >= 0.6 is 0 Å². The number of nitrogens with one attached hydrogen (secondary N) is 1. The molecule has 0 aromatic carbocycles. The Balaban J connectivity index is 2.30. The van der Waals surface area contributed by atoms with Gasteiger partial charge < -0.3 is 15.3 Å². The van der Waals surface area contributed by atoms with Crippen molar-refractivity contribution in [3.05, 3.63) is 0 Å². The fourth-order valence-electron chi connectivity index (χ4n) is 2.16. The molecule has 0 amide bonds. The summed E-state index contributed by atoms with van der Waals surface area (Å²) in [7, 11) is 4.38. The molecule has 1 aliphatic heterocycles. The Labute approximate surface area is 106 Å². The first-order valence-corrected chi connectivity index (χ1v) is 6.71. The first kappa shape index (κ1) is 14.9. The molecular formula is C13H29N3O. The monoisotopic (exact) mass is 243 g/mol. The van der Waals surface area contributed by atoms with Gasteiger partial charge in [-0.05, 0) is 20.5 Å². The topological polar surface area (TPSA) is 38.7 Å². The molecule has 0 aliphatic carbocycles. The molecule has 0 spiro atoms. The van der Waals surface area contributed by atoms with Crippen LogP contribution < -0.4 is 5.32 Å². The lowest BCUT2D eigenvalue weighted by Crippen LogP contribution is -2.54. The molecule has 2 atom stereocenters. The molecular weight excluding hydrogens is 214 g/mol. The molecule has 0 bridgehead atoms. The van der Waals surface area contributed by atoms with Crippen molar-refractivity contribution in [2.45, 2.75) is 26.3 Å². The Hall–Kier alpha value is -0.160. The van der Waals surface area contributed by atoms with Gasteiger partial charge in [-0.2, -0.15) is 0 Å². The molecule has 0 saturated carbocycles. The predicted molar refractivity (Wildman–Crippen MR) is 72.3 cm³/mol. The second kappa shape index (κ2) is 6.69. The van der Waals surface area contributed by atoms with Crippen LogP contribution in [0.3, 0.4) is 0 Å². The average molecular weight is 243 g/mol. The van der Waals surface area contributed by atoms with Gasteiger partial charge >= 0.3 is 0 Å². The van der Waals surface area contributed by atoms with Crippen molar-refractivity contribution in [3.8, 4) is 0 Å². The Bertz CT molecular complexity index is 219. The van der Waals surface area contributed by atoms with E-state index in [4.69, 9.17) is 0 Å². The van der Waals surface area contributed by atoms with Crippen LogP contribution in [0.5, 0.6) is 0 Å². The highest BCUT2D eigenvalue weighted by molar-refractivity contribution is 4.82. The molecule has 4 nitrogen and oxygen atoms in total. The van der Waals surface area contributed by atoms with Crippen LogP contribution in [0.4, 0.5) is 0 Å². The minimum Gasteiger partial charge on any atom is -0.396 e. The number of likely N-dealkylation sites (N-methyl/N-ethyl adjacent to an activating group) is 2. The summed E-state index contributed by atoms with van der Waals surface area (Å²) in [6, 6.07) is 0.591. The van der Waals surface area contributed by atoms with Crippen LogP contribution in [0.2, 0.25) is 0 Å². The van der Waals surface area contributed by atoms with Gasteiger partial charge in [-0.3, -0.25) is 4.90 Å². The van der Waals surface area contributed by atoms with Gasteiger partial charge in [0.1, 0.15) is 0 Å². The van der Waals surface area contributed by atoms with Gasteiger partial charge in [-0.25, -0.2) is 0 Å². The molecule has 1 aliphatic rings. The summed E-state index contributed by atoms with van der Waals surface area (Å²) in [6.07, 6.45) is 1.01. The maximum absolute atomic E-state index is 9.36. The number of nitrogens with zero attached hydrogens (tertiary/aromatic N) is 2. The third-order valence-corrected chi connectivity index (χ3v) is 4.15. The molecule has 2 N–H and O–H groups in total. The van der Waals surface area contributed by atoms with Crippen LogP contribution in [0, 0.1) is 5.41 Å². The van der Waals surface area contributed by atoms with E-state index in [9.17, 15) is 5.11 Å². The fourth-order valence-corrected chi connectivity index (χ4v) is 2.16. The molecule has 2 unspecified atom stereocenters. The van der Waals surface area contributed by atoms with Gasteiger partial charge in [0.2, 0.25) is 0 Å². The van der Waals surface area contributed by atoms with E-state index in [2.05, 4.69) is 43.1 Å². The quantitative estimate of drug-likeness (QED) is 0.700. The largest absolute Gasteiger partial charge is 0.396 e. The molecule has 1 rings (SSSR count). The van der Waals surface area contributed by atoms with Crippen molar-refractivity contribution in [3.63, 3.8) is 0 Å². The Morgan fingerprint density at radius 3 is 2.65 bits per heavy atom. The first-order valence-electron chi connectivity index (χ1n) is 6.71.